The van der Waals surface area contributed by atoms with Crippen LogP contribution in [0.5, 0.6) is 5.75 Å². The molecule has 0 unspecified atom stereocenters. The largest absolute Gasteiger partial charge is 0.507 e. The first-order chi connectivity index (χ1) is 20.1. The van der Waals surface area contributed by atoms with E-state index in [1.807, 2.05) is 0 Å². The third-order valence-corrected chi connectivity index (χ3v) is 6.33. The van der Waals surface area contributed by atoms with E-state index in [4.69, 9.17) is 15.9 Å². The number of carboxylic acids is 1. The van der Waals surface area contributed by atoms with Gasteiger partial charge in [0.2, 0.25) is 29.7 Å². The molecule has 14 nitrogen and oxygen atoms in total. The molecular weight excluding hydrogens is 546 g/mol. The number of amides is 2. The molecule has 1 aliphatic carbocycles. The van der Waals surface area contributed by atoms with Gasteiger partial charge in [-0.15, -0.1) is 0 Å². The summed E-state index contributed by atoms with van der Waals surface area (Å²) in [4.78, 5) is 60.1. The van der Waals surface area contributed by atoms with Crippen LogP contribution >= 0.6 is 0 Å². The zero-order valence-electron chi connectivity index (χ0n) is 21.7. The minimum atomic E-state index is -1.15. The predicted octanol–water partition coefficient (Wildman–Crippen LogP) is 2.35. The van der Waals surface area contributed by atoms with Gasteiger partial charge in [0.15, 0.2) is 5.43 Å². The van der Waals surface area contributed by atoms with Crippen LogP contribution in [0.25, 0.3) is 33.4 Å². The number of aromatic nitrogens is 3. The standard InChI is InChI=1S/C28H23N7O7/c29-26-33-27(30)35-28(34-26)32-22(39)10-9-21(38)31-12-18-19(37)8-7-17-23(14-3-1-2-4-15(14)25(40)41)16-6-5-13(36)11-20(16)42-24(17)18/h1-8,11,37H,9-10,12H2,(H,31,38)(H,40,41)(H5,29,30,32,33,34,35,39). The number of aromatic carboxylic acids is 1. The topological polar surface area (TPSA) is 237 Å². The van der Waals surface area contributed by atoms with Gasteiger partial charge in [-0.25, -0.2) is 4.79 Å². The zero-order valence-corrected chi connectivity index (χ0v) is 21.7. The van der Waals surface area contributed by atoms with E-state index in [2.05, 4.69) is 25.6 Å². The highest BCUT2D eigenvalue weighted by molar-refractivity contribution is 6.08. The van der Waals surface area contributed by atoms with Crippen molar-refractivity contribution in [3.05, 3.63) is 75.9 Å². The van der Waals surface area contributed by atoms with E-state index in [1.54, 1.807) is 30.3 Å². The van der Waals surface area contributed by atoms with Gasteiger partial charge in [0.05, 0.1) is 17.7 Å². The normalized spacial score (nSPS) is 11.0. The monoisotopic (exact) mass is 569 g/mol. The van der Waals surface area contributed by atoms with Crippen LogP contribution in [0, 0.1) is 0 Å². The molecule has 1 aliphatic heterocycles. The molecule has 0 atom stereocenters. The number of hydrogen-bond donors (Lipinski definition) is 6. The van der Waals surface area contributed by atoms with Crippen LogP contribution < -0.4 is 27.5 Å². The lowest BCUT2D eigenvalue weighted by Crippen LogP contribution is -2.25. The molecule has 2 aromatic carbocycles. The first-order valence-corrected chi connectivity index (χ1v) is 12.5. The first-order valence-electron chi connectivity index (χ1n) is 12.5. The Morgan fingerprint density at radius 3 is 2.33 bits per heavy atom. The van der Waals surface area contributed by atoms with Crippen molar-refractivity contribution in [1.29, 1.82) is 0 Å². The average Bonchev–Trinajstić information content (AvgIpc) is 2.93. The Morgan fingerprint density at radius 2 is 1.60 bits per heavy atom. The number of hydrogen-bond acceptors (Lipinski definition) is 11. The molecule has 2 aliphatic rings. The summed E-state index contributed by atoms with van der Waals surface area (Å²) < 4.78 is 6.06. The fourth-order valence-electron chi connectivity index (χ4n) is 4.48. The minimum absolute atomic E-state index is 0.0289. The number of phenols is 1. The van der Waals surface area contributed by atoms with E-state index < -0.39 is 17.8 Å². The molecule has 0 spiro atoms. The second-order valence-corrected chi connectivity index (χ2v) is 9.13. The quantitative estimate of drug-likeness (QED) is 0.148. The third kappa shape index (κ3) is 5.62. The fraction of sp³-hybridized carbons (Fsp3) is 0.107. The Hall–Kier alpha value is -6.05. The molecule has 1 aromatic heterocycles. The van der Waals surface area contributed by atoms with Crippen LogP contribution in [0.15, 0.2) is 63.8 Å². The van der Waals surface area contributed by atoms with E-state index >= 15 is 0 Å². The summed E-state index contributed by atoms with van der Waals surface area (Å²) in [7, 11) is 0. The SMILES string of the molecule is Nc1nc(N)nc(NC(=O)CCC(=O)NCc2c(O)ccc3c(-c4ccccc4C(=O)O)c4ccc(=O)cc-4oc23)n1. The Labute approximate surface area is 236 Å². The van der Waals surface area contributed by atoms with Gasteiger partial charge in [-0.3, -0.25) is 19.7 Å². The average molecular weight is 570 g/mol. The molecule has 0 saturated heterocycles. The van der Waals surface area contributed by atoms with Gasteiger partial charge in [0.25, 0.3) is 0 Å². The summed E-state index contributed by atoms with van der Waals surface area (Å²) in [5, 5.41) is 26.0. The van der Waals surface area contributed by atoms with Crippen molar-refractivity contribution in [1.82, 2.24) is 20.3 Å². The van der Waals surface area contributed by atoms with Crippen molar-refractivity contribution in [3.8, 4) is 28.2 Å². The molecule has 2 heterocycles. The number of anilines is 3. The summed E-state index contributed by atoms with van der Waals surface area (Å²) >= 11 is 0. The van der Waals surface area contributed by atoms with E-state index in [0.717, 1.165) is 0 Å². The highest BCUT2D eigenvalue weighted by Gasteiger charge is 2.24. The molecular formula is C28H23N7O7. The molecule has 5 rings (SSSR count). The van der Waals surface area contributed by atoms with E-state index in [0.29, 0.717) is 22.1 Å². The number of phenolic OH excluding ortho intramolecular Hbond substituents is 1. The number of nitrogens with two attached hydrogens (primary N) is 2. The van der Waals surface area contributed by atoms with Crippen LogP contribution in [0.1, 0.15) is 28.8 Å². The molecule has 14 heteroatoms. The lowest BCUT2D eigenvalue weighted by Gasteiger charge is -2.19. The van der Waals surface area contributed by atoms with Crippen molar-refractivity contribution in [2.75, 3.05) is 16.8 Å². The van der Waals surface area contributed by atoms with Gasteiger partial charge in [-0.05, 0) is 35.9 Å². The molecule has 3 aromatic rings. The Kier molecular flexibility index (Phi) is 7.34. The van der Waals surface area contributed by atoms with Crippen LogP contribution in [-0.4, -0.2) is 42.9 Å². The third-order valence-electron chi connectivity index (χ3n) is 6.33. The van der Waals surface area contributed by atoms with Crippen LogP contribution in [0.3, 0.4) is 0 Å². The van der Waals surface area contributed by atoms with E-state index in [9.17, 15) is 29.4 Å². The summed E-state index contributed by atoms with van der Waals surface area (Å²) in [5.41, 5.74) is 12.3. The Morgan fingerprint density at radius 1 is 0.881 bits per heavy atom. The molecule has 0 radical (unpaired) electrons. The second kappa shape index (κ2) is 11.2. The van der Waals surface area contributed by atoms with Gasteiger partial charge < -0.3 is 31.4 Å². The number of nitrogens with one attached hydrogen (secondary N) is 2. The van der Waals surface area contributed by atoms with Gasteiger partial charge in [-0.2, -0.15) is 15.0 Å². The zero-order chi connectivity index (χ0) is 30.0. The van der Waals surface area contributed by atoms with Crippen LogP contribution in [0.2, 0.25) is 0 Å². The molecule has 2 amide bonds. The number of carboxylic acid groups (broad SMARTS) is 1. The highest BCUT2D eigenvalue weighted by Crippen LogP contribution is 2.43. The Bertz CT molecular complexity index is 1880. The predicted molar refractivity (Wildman–Crippen MR) is 152 cm³/mol. The number of benzene rings is 3. The number of carbonyl (C=O) groups is 3. The molecule has 0 fully saturated rings. The lowest BCUT2D eigenvalue weighted by molar-refractivity contribution is -0.124. The highest BCUT2D eigenvalue weighted by atomic mass is 16.4. The van der Waals surface area contributed by atoms with Gasteiger partial charge in [0, 0.05) is 35.4 Å². The smallest absolute Gasteiger partial charge is 0.336 e. The Balaban J connectivity index is 1.44. The molecule has 0 bridgehead atoms. The number of fused-ring (bicyclic) bond motifs is 2. The van der Waals surface area contributed by atoms with Crippen molar-refractivity contribution in [2.45, 2.75) is 19.4 Å². The van der Waals surface area contributed by atoms with Crippen molar-refractivity contribution < 1.29 is 29.0 Å². The maximum atomic E-state index is 12.6. The number of aromatic hydroxyl groups is 1. The van der Waals surface area contributed by atoms with Gasteiger partial charge in [-0.1, -0.05) is 18.2 Å². The second-order valence-electron chi connectivity index (χ2n) is 9.13. The maximum absolute atomic E-state index is 12.6. The summed E-state index contributed by atoms with van der Waals surface area (Å²) in [6.07, 6.45) is -0.444. The first kappa shape index (κ1) is 27.5. The van der Waals surface area contributed by atoms with Crippen LogP contribution in [0.4, 0.5) is 17.8 Å². The van der Waals surface area contributed by atoms with Gasteiger partial charge >= 0.3 is 5.97 Å². The molecule has 8 N–H and O–H groups in total. The summed E-state index contributed by atoms with van der Waals surface area (Å²) in [6, 6.07) is 13.5. The number of nitrogens with zero attached hydrogens (tertiary/aromatic N) is 3. The number of nitrogen functional groups attached to an aromatic ring is 2. The lowest BCUT2D eigenvalue weighted by atomic mass is 9.90. The summed E-state index contributed by atoms with van der Waals surface area (Å²) in [5.74, 6) is -2.78. The molecule has 0 saturated carbocycles. The van der Waals surface area contributed by atoms with E-state index in [1.165, 1.54) is 24.3 Å². The number of carbonyl (C=O) groups excluding carboxylic acids is 2. The summed E-state index contributed by atoms with van der Waals surface area (Å²) in [6.45, 7) is -0.198. The fourth-order valence-corrected chi connectivity index (χ4v) is 4.48. The van der Waals surface area contributed by atoms with Crippen molar-refractivity contribution in [3.63, 3.8) is 0 Å². The minimum Gasteiger partial charge on any atom is -0.507 e. The van der Waals surface area contributed by atoms with E-state index in [-0.39, 0.29) is 70.9 Å². The van der Waals surface area contributed by atoms with Crippen molar-refractivity contribution in [2.24, 2.45) is 0 Å². The number of rotatable bonds is 8. The maximum Gasteiger partial charge on any atom is 0.336 e. The molecule has 42 heavy (non-hydrogen) atoms. The van der Waals surface area contributed by atoms with Gasteiger partial charge in [0.1, 0.15) is 17.1 Å². The van der Waals surface area contributed by atoms with Crippen LogP contribution in [-0.2, 0) is 16.1 Å². The molecule has 212 valence electrons. The van der Waals surface area contributed by atoms with Crippen molar-refractivity contribution >= 4 is 46.6 Å².